The SMILES string of the molecule is CNCc1cc(F)cc(OCC(=O)NCCOC)c1. The maximum absolute atomic E-state index is 13.3. The van der Waals surface area contributed by atoms with Gasteiger partial charge in [-0.1, -0.05) is 0 Å². The predicted octanol–water partition coefficient (Wildman–Crippen LogP) is 0.686. The van der Waals surface area contributed by atoms with Crippen molar-refractivity contribution in [2.24, 2.45) is 0 Å². The number of amides is 1. The number of carbonyl (C=O) groups excluding carboxylic acids is 1. The zero-order chi connectivity index (χ0) is 14.1. The van der Waals surface area contributed by atoms with Crippen LogP contribution in [0.25, 0.3) is 0 Å². The molecular formula is C13H19FN2O3. The molecule has 0 saturated carbocycles. The molecule has 6 heteroatoms. The van der Waals surface area contributed by atoms with E-state index in [1.165, 1.54) is 12.1 Å². The zero-order valence-corrected chi connectivity index (χ0v) is 11.2. The van der Waals surface area contributed by atoms with Gasteiger partial charge in [0.15, 0.2) is 6.61 Å². The number of hydrogen-bond acceptors (Lipinski definition) is 4. The summed E-state index contributed by atoms with van der Waals surface area (Å²) in [4.78, 5) is 11.4. The Hall–Kier alpha value is -1.66. The predicted molar refractivity (Wildman–Crippen MR) is 69.5 cm³/mol. The van der Waals surface area contributed by atoms with Crippen LogP contribution in [0.4, 0.5) is 4.39 Å². The van der Waals surface area contributed by atoms with E-state index in [0.29, 0.717) is 25.4 Å². The third-order valence-corrected chi connectivity index (χ3v) is 2.31. The molecule has 0 heterocycles. The molecule has 0 aliphatic rings. The molecular weight excluding hydrogens is 251 g/mol. The van der Waals surface area contributed by atoms with Crippen molar-refractivity contribution in [1.29, 1.82) is 0 Å². The van der Waals surface area contributed by atoms with Crippen LogP contribution in [0.15, 0.2) is 18.2 Å². The van der Waals surface area contributed by atoms with Gasteiger partial charge in [-0.3, -0.25) is 4.79 Å². The van der Waals surface area contributed by atoms with Crippen LogP contribution in [0.5, 0.6) is 5.75 Å². The van der Waals surface area contributed by atoms with E-state index in [9.17, 15) is 9.18 Å². The Balaban J connectivity index is 2.45. The topological polar surface area (TPSA) is 59.6 Å². The summed E-state index contributed by atoms with van der Waals surface area (Å²) < 4.78 is 23.3. The minimum atomic E-state index is -0.387. The molecule has 0 aliphatic heterocycles. The monoisotopic (exact) mass is 270 g/mol. The first kappa shape index (κ1) is 15.4. The first-order valence-electron chi connectivity index (χ1n) is 5.98. The second-order valence-corrected chi connectivity index (χ2v) is 3.96. The summed E-state index contributed by atoms with van der Waals surface area (Å²) >= 11 is 0. The highest BCUT2D eigenvalue weighted by Crippen LogP contribution is 2.16. The molecule has 0 aliphatic carbocycles. The Bertz CT molecular complexity index is 413. The lowest BCUT2D eigenvalue weighted by Gasteiger charge is -2.09. The molecule has 0 unspecified atom stereocenters. The van der Waals surface area contributed by atoms with Crippen LogP contribution in [0.3, 0.4) is 0 Å². The summed E-state index contributed by atoms with van der Waals surface area (Å²) in [6.45, 7) is 1.26. The van der Waals surface area contributed by atoms with E-state index in [1.807, 2.05) is 0 Å². The molecule has 2 N–H and O–H groups in total. The molecule has 0 saturated heterocycles. The number of hydrogen-bond donors (Lipinski definition) is 2. The van der Waals surface area contributed by atoms with Gasteiger partial charge in [-0.25, -0.2) is 4.39 Å². The van der Waals surface area contributed by atoms with Gasteiger partial charge in [-0.15, -0.1) is 0 Å². The van der Waals surface area contributed by atoms with E-state index in [2.05, 4.69) is 10.6 Å². The van der Waals surface area contributed by atoms with Crippen LogP contribution in [-0.2, 0) is 16.1 Å². The maximum atomic E-state index is 13.3. The summed E-state index contributed by atoms with van der Waals surface area (Å²) in [5, 5.41) is 5.54. The highest BCUT2D eigenvalue weighted by molar-refractivity contribution is 5.77. The normalized spacial score (nSPS) is 10.3. The van der Waals surface area contributed by atoms with Gasteiger partial charge in [0, 0.05) is 26.3 Å². The van der Waals surface area contributed by atoms with Gasteiger partial charge < -0.3 is 20.1 Å². The van der Waals surface area contributed by atoms with E-state index in [-0.39, 0.29) is 18.3 Å². The van der Waals surface area contributed by atoms with Gasteiger partial charge in [-0.2, -0.15) is 0 Å². The lowest BCUT2D eigenvalue weighted by atomic mass is 10.2. The van der Waals surface area contributed by atoms with E-state index < -0.39 is 0 Å². The van der Waals surface area contributed by atoms with Crippen molar-refractivity contribution in [2.75, 3.05) is 33.9 Å². The number of benzene rings is 1. The minimum Gasteiger partial charge on any atom is -0.484 e. The fraction of sp³-hybridized carbons (Fsp3) is 0.462. The van der Waals surface area contributed by atoms with Crippen LogP contribution in [-0.4, -0.2) is 39.8 Å². The molecule has 1 amide bonds. The fourth-order valence-corrected chi connectivity index (χ4v) is 1.50. The number of ether oxygens (including phenoxy) is 2. The van der Waals surface area contributed by atoms with Crippen LogP contribution in [0.2, 0.25) is 0 Å². The molecule has 0 aromatic heterocycles. The van der Waals surface area contributed by atoms with Crippen LogP contribution < -0.4 is 15.4 Å². The summed E-state index contributed by atoms with van der Waals surface area (Å²) in [5.74, 6) is -0.314. The third kappa shape index (κ3) is 6.17. The summed E-state index contributed by atoms with van der Waals surface area (Å²) in [7, 11) is 3.33. The standard InChI is InChI=1S/C13H19FN2O3/c1-15-8-10-5-11(14)7-12(6-10)19-9-13(17)16-3-4-18-2/h5-7,15H,3-4,8-9H2,1-2H3,(H,16,17). The lowest BCUT2D eigenvalue weighted by Crippen LogP contribution is -2.31. The Morgan fingerprint density at radius 3 is 2.84 bits per heavy atom. The van der Waals surface area contributed by atoms with Crippen molar-refractivity contribution in [1.82, 2.24) is 10.6 Å². The minimum absolute atomic E-state index is 0.147. The molecule has 1 aromatic carbocycles. The maximum Gasteiger partial charge on any atom is 0.258 e. The average Bonchev–Trinajstić information content (AvgIpc) is 2.36. The first-order chi connectivity index (χ1) is 9.15. The smallest absolute Gasteiger partial charge is 0.258 e. The fourth-order valence-electron chi connectivity index (χ4n) is 1.50. The molecule has 0 spiro atoms. The lowest BCUT2D eigenvalue weighted by molar-refractivity contribution is -0.123. The average molecular weight is 270 g/mol. The highest BCUT2D eigenvalue weighted by Gasteiger charge is 2.05. The van der Waals surface area contributed by atoms with E-state index in [0.717, 1.165) is 5.56 Å². The molecule has 1 aromatic rings. The Kier molecular flexibility index (Phi) is 6.84. The molecule has 0 radical (unpaired) electrons. The molecule has 5 nitrogen and oxygen atoms in total. The van der Waals surface area contributed by atoms with Gasteiger partial charge in [0.1, 0.15) is 11.6 Å². The quantitative estimate of drug-likeness (QED) is 0.682. The number of rotatable bonds is 8. The van der Waals surface area contributed by atoms with Crippen molar-refractivity contribution < 1.29 is 18.7 Å². The van der Waals surface area contributed by atoms with E-state index in [4.69, 9.17) is 9.47 Å². The summed E-state index contributed by atoms with van der Waals surface area (Å²) in [6, 6.07) is 4.37. The van der Waals surface area contributed by atoms with Crippen LogP contribution in [0, 0.1) is 5.82 Å². The number of nitrogens with one attached hydrogen (secondary N) is 2. The second kappa shape index (κ2) is 8.44. The van der Waals surface area contributed by atoms with E-state index in [1.54, 1.807) is 20.2 Å². The molecule has 106 valence electrons. The van der Waals surface area contributed by atoms with Crippen molar-refractivity contribution in [3.05, 3.63) is 29.6 Å². The zero-order valence-electron chi connectivity index (χ0n) is 11.2. The van der Waals surface area contributed by atoms with Crippen molar-refractivity contribution in [3.8, 4) is 5.75 Å². The number of carbonyl (C=O) groups is 1. The largest absolute Gasteiger partial charge is 0.484 e. The van der Waals surface area contributed by atoms with Gasteiger partial charge in [0.2, 0.25) is 0 Å². The van der Waals surface area contributed by atoms with Gasteiger partial charge >= 0.3 is 0 Å². The van der Waals surface area contributed by atoms with Crippen molar-refractivity contribution in [2.45, 2.75) is 6.54 Å². The number of halogens is 1. The first-order valence-corrected chi connectivity index (χ1v) is 5.98. The molecule has 0 atom stereocenters. The number of methoxy groups -OCH3 is 1. The van der Waals surface area contributed by atoms with Crippen molar-refractivity contribution >= 4 is 5.91 Å². The molecule has 0 fully saturated rings. The van der Waals surface area contributed by atoms with Gasteiger partial charge in [0.25, 0.3) is 5.91 Å². The third-order valence-electron chi connectivity index (χ3n) is 2.31. The molecule has 19 heavy (non-hydrogen) atoms. The Morgan fingerprint density at radius 1 is 1.37 bits per heavy atom. The summed E-state index contributed by atoms with van der Waals surface area (Å²) in [6.07, 6.45) is 0. The highest BCUT2D eigenvalue weighted by atomic mass is 19.1. The molecule has 0 bridgehead atoms. The Morgan fingerprint density at radius 2 is 2.16 bits per heavy atom. The molecule has 1 rings (SSSR count). The van der Waals surface area contributed by atoms with Gasteiger partial charge in [0.05, 0.1) is 6.61 Å². The van der Waals surface area contributed by atoms with Crippen LogP contribution in [0.1, 0.15) is 5.56 Å². The second-order valence-electron chi connectivity index (χ2n) is 3.96. The summed E-state index contributed by atoms with van der Waals surface area (Å²) in [5.41, 5.74) is 0.761. The van der Waals surface area contributed by atoms with Crippen molar-refractivity contribution in [3.63, 3.8) is 0 Å². The van der Waals surface area contributed by atoms with Crippen LogP contribution >= 0.6 is 0 Å². The van der Waals surface area contributed by atoms with E-state index >= 15 is 0 Å². The Labute approximate surface area is 112 Å². The van der Waals surface area contributed by atoms with Gasteiger partial charge in [-0.05, 0) is 24.7 Å².